The van der Waals surface area contributed by atoms with Crippen LogP contribution in [0.3, 0.4) is 0 Å². The van der Waals surface area contributed by atoms with E-state index in [0.717, 1.165) is 38.5 Å². The molecule has 2 aromatic carbocycles. The molecule has 0 spiro atoms. The van der Waals surface area contributed by atoms with Crippen molar-refractivity contribution in [3.8, 4) is 0 Å². The first-order valence-electron chi connectivity index (χ1n) is 7.06. The summed E-state index contributed by atoms with van der Waals surface area (Å²) in [7, 11) is 0. The SMILES string of the molecule is CC(=O)Cc1cc2c3cc(Cl)ccc3c3oc(C)cc3c2o1. The molecule has 0 aliphatic rings. The van der Waals surface area contributed by atoms with Crippen LogP contribution in [0.5, 0.6) is 0 Å². The number of benzene rings is 2. The molecule has 0 unspecified atom stereocenters. The quantitative estimate of drug-likeness (QED) is 0.496. The third kappa shape index (κ3) is 1.93. The third-order valence-corrected chi connectivity index (χ3v) is 4.06. The fourth-order valence-corrected chi connectivity index (χ4v) is 3.17. The average Bonchev–Trinajstić information content (AvgIpc) is 3.01. The van der Waals surface area contributed by atoms with Crippen molar-refractivity contribution in [3.05, 3.63) is 46.9 Å². The lowest BCUT2D eigenvalue weighted by atomic mass is 10.0. The number of carbonyl (C=O) groups excluding carboxylic acids is 1. The summed E-state index contributed by atoms with van der Waals surface area (Å²) < 4.78 is 11.8. The number of Topliss-reactive ketones (excluding diaryl/α,β-unsaturated/α-hetero) is 1. The van der Waals surface area contributed by atoms with Crippen LogP contribution in [0.4, 0.5) is 0 Å². The van der Waals surface area contributed by atoms with Gasteiger partial charge in [-0.05, 0) is 49.6 Å². The highest BCUT2D eigenvalue weighted by molar-refractivity contribution is 6.33. The maximum absolute atomic E-state index is 11.4. The molecule has 4 heteroatoms. The molecule has 0 atom stereocenters. The number of ketones is 1. The van der Waals surface area contributed by atoms with Gasteiger partial charge in [0.25, 0.3) is 0 Å². The van der Waals surface area contributed by atoms with Crippen molar-refractivity contribution in [2.75, 3.05) is 0 Å². The van der Waals surface area contributed by atoms with Gasteiger partial charge in [-0.15, -0.1) is 0 Å². The van der Waals surface area contributed by atoms with Crippen LogP contribution in [0, 0.1) is 6.92 Å². The lowest BCUT2D eigenvalue weighted by Gasteiger charge is -2.01. The van der Waals surface area contributed by atoms with Gasteiger partial charge in [-0.1, -0.05) is 11.6 Å². The lowest BCUT2D eigenvalue weighted by Crippen LogP contribution is -1.93. The first kappa shape index (κ1) is 13.4. The van der Waals surface area contributed by atoms with Gasteiger partial charge in [0.1, 0.15) is 28.5 Å². The molecule has 2 aromatic heterocycles. The first-order valence-corrected chi connectivity index (χ1v) is 7.44. The minimum atomic E-state index is 0.0704. The monoisotopic (exact) mass is 312 g/mol. The topological polar surface area (TPSA) is 43.4 Å². The van der Waals surface area contributed by atoms with Gasteiger partial charge in [-0.3, -0.25) is 4.79 Å². The van der Waals surface area contributed by atoms with Crippen LogP contribution in [0.25, 0.3) is 32.7 Å². The van der Waals surface area contributed by atoms with E-state index >= 15 is 0 Å². The molecule has 22 heavy (non-hydrogen) atoms. The fourth-order valence-electron chi connectivity index (χ4n) is 2.99. The molecule has 0 amide bonds. The van der Waals surface area contributed by atoms with Crippen LogP contribution < -0.4 is 0 Å². The Labute approximate surface area is 131 Å². The minimum Gasteiger partial charge on any atom is -0.461 e. The van der Waals surface area contributed by atoms with Crippen LogP contribution >= 0.6 is 11.6 Å². The molecular formula is C18H13ClO3. The second-order valence-corrected chi connectivity index (χ2v) is 6.06. The fraction of sp³-hybridized carbons (Fsp3) is 0.167. The molecular weight excluding hydrogens is 300 g/mol. The predicted octanol–water partition coefficient (Wildman–Crippen LogP) is 5.43. The molecule has 0 saturated carbocycles. The first-order chi connectivity index (χ1) is 10.5. The van der Waals surface area contributed by atoms with E-state index < -0.39 is 0 Å². The van der Waals surface area contributed by atoms with Gasteiger partial charge in [0.15, 0.2) is 0 Å². The van der Waals surface area contributed by atoms with E-state index in [2.05, 4.69) is 0 Å². The van der Waals surface area contributed by atoms with Gasteiger partial charge in [-0.25, -0.2) is 0 Å². The zero-order chi connectivity index (χ0) is 15.4. The predicted molar refractivity (Wildman–Crippen MR) is 87.6 cm³/mol. The van der Waals surface area contributed by atoms with Crippen molar-refractivity contribution in [3.63, 3.8) is 0 Å². The second kappa shape index (κ2) is 4.62. The summed E-state index contributed by atoms with van der Waals surface area (Å²) in [5.74, 6) is 1.56. The zero-order valence-corrected chi connectivity index (χ0v) is 13.0. The molecule has 110 valence electrons. The van der Waals surface area contributed by atoms with E-state index in [1.54, 1.807) is 6.92 Å². The van der Waals surface area contributed by atoms with Crippen molar-refractivity contribution in [2.24, 2.45) is 0 Å². The molecule has 0 fully saturated rings. The third-order valence-electron chi connectivity index (χ3n) is 3.82. The largest absolute Gasteiger partial charge is 0.461 e. The number of halogens is 1. The summed E-state index contributed by atoms with van der Waals surface area (Å²) >= 11 is 6.15. The maximum Gasteiger partial charge on any atom is 0.146 e. The van der Waals surface area contributed by atoms with Gasteiger partial charge >= 0.3 is 0 Å². The van der Waals surface area contributed by atoms with Crippen molar-refractivity contribution < 1.29 is 13.6 Å². The summed E-state index contributed by atoms with van der Waals surface area (Å²) in [6, 6.07) is 9.61. The zero-order valence-electron chi connectivity index (χ0n) is 12.2. The van der Waals surface area contributed by atoms with E-state index in [1.165, 1.54) is 0 Å². The molecule has 0 aliphatic carbocycles. The summed E-state index contributed by atoms with van der Waals surface area (Å²) in [4.78, 5) is 11.4. The Morgan fingerprint density at radius 1 is 1.00 bits per heavy atom. The van der Waals surface area contributed by atoms with Gasteiger partial charge in [-0.2, -0.15) is 0 Å². The number of rotatable bonds is 2. The Hall–Kier alpha value is -2.26. The lowest BCUT2D eigenvalue weighted by molar-refractivity contribution is -0.116. The molecule has 0 bridgehead atoms. The van der Waals surface area contributed by atoms with Gasteiger partial charge in [0.2, 0.25) is 0 Å². The highest BCUT2D eigenvalue weighted by atomic mass is 35.5. The van der Waals surface area contributed by atoms with E-state index in [-0.39, 0.29) is 12.2 Å². The van der Waals surface area contributed by atoms with E-state index in [9.17, 15) is 4.79 Å². The average molecular weight is 313 g/mol. The second-order valence-electron chi connectivity index (χ2n) is 5.62. The van der Waals surface area contributed by atoms with Crippen molar-refractivity contribution in [1.82, 2.24) is 0 Å². The molecule has 4 rings (SSSR count). The van der Waals surface area contributed by atoms with E-state index in [0.29, 0.717) is 10.8 Å². The van der Waals surface area contributed by atoms with Gasteiger partial charge in [0.05, 0.1) is 11.8 Å². The number of aryl methyl sites for hydroxylation is 1. The Balaban J connectivity index is 2.20. The van der Waals surface area contributed by atoms with Crippen LogP contribution in [0.2, 0.25) is 5.02 Å². The van der Waals surface area contributed by atoms with Crippen molar-refractivity contribution in [2.45, 2.75) is 20.3 Å². The Kier molecular flexibility index (Phi) is 2.81. The van der Waals surface area contributed by atoms with Crippen LogP contribution in [0.15, 0.2) is 39.2 Å². The number of carbonyl (C=O) groups is 1. The molecule has 2 heterocycles. The van der Waals surface area contributed by atoms with Gasteiger partial charge in [0, 0.05) is 15.8 Å². The number of furan rings is 2. The molecule has 4 aromatic rings. The minimum absolute atomic E-state index is 0.0704. The molecule has 0 saturated heterocycles. The van der Waals surface area contributed by atoms with Gasteiger partial charge < -0.3 is 8.83 Å². The van der Waals surface area contributed by atoms with E-state index in [4.69, 9.17) is 20.4 Å². The number of fused-ring (bicyclic) bond motifs is 6. The highest BCUT2D eigenvalue weighted by Crippen LogP contribution is 2.39. The summed E-state index contributed by atoms with van der Waals surface area (Å²) in [5, 5.41) is 4.52. The summed E-state index contributed by atoms with van der Waals surface area (Å²) in [5.41, 5.74) is 1.54. The summed E-state index contributed by atoms with van der Waals surface area (Å²) in [6.07, 6.45) is 0.287. The smallest absolute Gasteiger partial charge is 0.146 e. The number of hydrogen-bond donors (Lipinski definition) is 0. The maximum atomic E-state index is 11.4. The van der Waals surface area contributed by atoms with E-state index in [1.807, 2.05) is 37.3 Å². The van der Waals surface area contributed by atoms with Crippen LogP contribution in [-0.4, -0.2) is 5.78 Å². The normalized spacial score (nSPS) is 11.8. The Morgan fingerprint density at radius 2 is 1.77 bits per heavy atom. The Morgan fingerprint density at radius 3 is 2.55 bits per heavy atom. The summed E-state index contributed by atoms with van der Waals surface area (Å²) in [6.45, 7) is 3.47. The highest BCUT2D eigenvalue weighted by Gasteiger charge is 2.17. The number of hydrogen-bond acceptors (Lipinski definition) is 3. The van der Waals surface area contributed by atoms with Crippen LogP contribution in [0.1, 0.15) is 18.4 Å². The molecule has 0 aliphatic heterocycles. The molecule has 0 N–H and O–H groups in total. The standard InChI is InChI=1S/C18H13ClO3/c1-9(20)5-12-8-15-14-7-11(19)3-4-13(14)17-16(18(15)22-12)6-10(2)21-17/h3-4,6-8H,5H2,1-2H3. The van der Waals surface area contributed by atoms with Crippen LogP contribution in [-0.2, 0) is 11.2 Å². The Bertz CT molecular complexity index is 1050. The van der Waals surface area contributed by atoms with Crippen molar-refractivity contribution >= 4 is 50.1 Å². The molecule has 3 nitrogen and oxygen atoms in total. The molecule has 0 radical (unpaired) electrons. The van der Waals surface area contributed by atoms with Crippen molar-refractivity contribution in [1.29, 1.82) is 0 Å².